The van der Waals surface area contributed by atoms with Crippen LogP contribution in [-0.4, -0.2) is 28.0 Å². The van der Waals surface area contributed by atoms with E-state index in [-0.39, 0.29) is 16.6 Å². The maximum absolute atomic E-state index is 13.5. The largest absolute Gasteiger partial charge is 0.321 e. The third-order valence-electron chi connectivity index (χ3n) is 6.94. The lowest BCUT2D eigenvalue weighted by molar-refractivity contribution is -0.115. The van der Waals surface area contributed by atoms with Gasteiger partial charge in [-0.15, -0.1) is 23.1 Å². The van der Waals surface area contributed by atoms with Crippen molar-refractivity contribution in [2.24, 2.45) is 0 Å². The Morgan fingerprint density at radius 1 is 0.872 bits per heavy atom. The fourth-order valence-electron chi connectivity index (χ4n) is 4.47. The van der Waals surface area contributed by atoms with E-state index in [1.165, 1.54) is 34.7 Å². The topological polar surface area (TPSA) is 100 Å². The molecule has 0 aliphatic carbocycles. The average Bonchev–Trinajstić information content (AvgIpc) is 3.42. The first-order valence-electron chi connectivity index (χ1n) is 14.5. The Morgan fingerprint density at radius 3 is 2.34 bits per heavy atom. The minimum Gasteiger partial charge on any atom is -0.321 e. The van der Waals surface area contributed by atoms with E-state index >= 15 is 0 Å². The third-order valence-corrected chi connectivity index (χ3v) is 9.75. The number of thioether (sulfide) groups is 1. The minimum absolute atomic E-state index is 0.0300. The number of aryl methyl sites for hydroxylation is 2. The van der Waals surface area contributed by atoms with Gasteiger partial charge in [-0.3, -0.25) is 14.4 Å². The molecule has 0 saturated heterocycles. The van der Waals surface area contributed by atoms with Crippen LogP contribution >= 0.6 is 46.3 Å². The van der Waals surface area contributed by atoms with Gasteiger partial charge in [-0.2, -0.15) is 0 Å². The number of aromatic nitrogens is 1. The first-order chi connectivity index (χ1) is 22.6. The van der Waals surface area contributed by atoms with Gasteiger partial charge >= 0.3 is 0 Å². The molecule has 1 aromatic heterocycles. The Bertz CT molecular complexity index is 1960. The molecule has 0 spiro atoms. The summed E-state index contributed by atoms with van der Waals surface area (Å²) < 4.78 is 0. The second kappa shape index (κ2) is 15.5. The summed E-state index contributed by atoms with van der Waals surface area (Å²) in [4.78, 5) is 46.1. The molecule has 0 aliphatic rings. The maximum atomic E-state index is 13.5. The number of benzene rings is 4. The molecule has 7 nitrogen and oxygen atoms in total. The first kappa shape index (κ1) is 33.9. The molecule has 0 radical (unpaired) electrons. The molecule has 0 fully saturated rings. The number of carbonyl (C=O) groups is 3. The number of rotatable bonds is 10. The van der Waals surface area contributed by atoms with Crippen LogP contribution in [0.5, 0.6) is 0 Å². The lowest BCUT2D eigenvalue weighted by Crippen LogP contribution is -2.30. The highest BCUT2D eigenvalue weighted by Crippen LogP contribution is 2.32. The summed E-state index contributed by atoms with van der Waals surface area (Å²) in [7, 11) is 0. The molecule has 3 N–H and O–H groups in total. The molecule has 0 saturated carbocycles. The van der Waals surface area contributed by atoms with Gasteiger partial charge in [0.2, 0.25) is 5.91 Å². The van der Waals surface area contributed by atoms with E-state index < -0.39 is 17.1 Å². The van der Waals surface area contributed by atoms with Crippen molar-refractivity contribution in [1.82, 2.24) is 10.3 Å². The highest BCUT2D eigenvalue weighted by atomic mass is 35.5. The second-order valence-electron chi connectivity index (χ2n) is 10.5. The van der Waals surface area contributed by atoms with Crippen molar-refractivity contribution < 1.29 is 14.4 Å². The van der Waals surface area contributed by atoms with Gasteiger partial charge in [0.25, 0.3) is 11.8 Å². The minimum atomic E-state index is -0.568. The van der Waals surface area contributed by atoms with Crippen LogP contribution in [0.25, 0.3) is 17.3 Å². The number of amides is 3. The molecule has 47 heavy (non-hydrogen) atoms. The van der Waals surface area contributed by atoms with Gasteiger partial charge < -0.3 is 16.0 Å². The van der Waals surface area contributed by atoms with Crippen molar-refractivity contribution in [2.75, 3.05) is 10.6 Å². The zero-order valence-electron chi connectivity index (χ0n) is 25.6. The van der Waals surface area contributed by atoms with Gasteiger partial charge in [-0.25, -0.2) is 4.98 Å². The van der Waals surface area contributed by atoms with E-state index in [4.69, 9.17) is 23.2 Å². The number of thiazole rings is 1. The second-order valence-corrected chi connectivity index (χ2v) is 13.9. The molecular formula is C36H30Cl2N4O3S2. The molecule has 5 rings (SSSR count). The fourth-order valence-corrected chi connectivity index (χ4v) is 6.60. The van der Waals surface area contributed by atoms with Crippen molar-refractivity contribution in [3.05, 3.63) is 134 Å². The van der Waals surface area contributed by atoms with Crippen LogP contribution in [-0.2, 0) is 9.59 Å². The summed E-state index contributed by atoms with van der Waals surface area (Å²) in [6.07, 6.45) is 1.47. The third kappa shape index (κ3) is 8.90. The Hall–Kier alpha value is -4.41. The number of hydrogen-bond donors (Lipinski definition) is 3. The van der Waals surface area contributed by atoms with Crippen LogP contribution in [0.4, 0.5) is 10.8 Å². The van der Waals surface area contributed by atoms with E-state index in [1.54, 1.807) is 73.7 Å². The highest BCUT2D eigenvalue weighted by molar-refractivity contribution is 8.00. The van der Waals surface area contributed by atoms with Gasteiger partial charge in [0, 0.05) is 26.6 Å². The molecule has 3 amide bonds. The predicted octanol–water partition coefficient (Wildman–Crippen LogP) is 9.26. The van der Waals surface area contributed by atoms with Crippen molar-refractivity contribution >= 4 is 80.9 Å². The lowest BCUT2D eigenvalue weighted by atomic mass is 10.1. The summed E-state index contributed by atoms with van der Waals surface area (Å²) in [5.41, 5.74) is 4.30. The Morgan fingerprint density at radius 2 is 1.60 bits per heavy atom. The molecule has 1 atom stereocenters. The molecule has 1 unspecified atom stereocenters. The van der Waals surface area contributed by atoms with Crippen molar-refractivity contribution in [3.8, 4) is 11.3 Å². The Labute approximate surface area is 291 Å². The molecule has 0 aliphatic heterocycles. The SMILES string of the molecule is Cc1ccc(-c2nc(NC(=O)C(C)Sc3cccc(NC(=O)/C(=C\c4cccc(Cl)c4Cl)NC(=O)c4ccccc4)c3)sc2C)cc1. The normalized spacial score (nSPS) is 11.9. The smallest absolute Gasteiger partial charge is 0.272 e. The highest BCUT2D eigenvalue weighted by Gasteiger charge is 2.20. The zero-order chi connectivity index (χ0) is 33.5. The van der Waals surface area contributed by atoms with E-state index in [2.05, 4.69) is 20.9 Å². The van der Waals surface area contributed by atoms with E-state index in [1.807, 2.05) is 44.2 Å². The number of anilines is 2. The van der Waals surface area contributed by atoms with Crippen molar-refractivity contribution in [1.29, 1.82) is 0 Å². The fraction of sp³-hybridized carbons (Fsp3) is 0.111. The number of hydrogen-bond acceptors (Lipinski definition) is 6. The Kier molecular flexibility index (Phi) is 11.2. The standard InChI is InChI=1S/C36H30Cl2N4O3S2/c1-21-15-17-24(18-16-21)32-22(2)47-36(41-32)42-33(43)23(3)46-28-13-8-12-27(20-28)39-35(45)30(19-26-11-7-14-29(37)31(26)38)40-34(44)25-9-5-4-6-10-25/h4-20,23H,1-3H3,(H,39,45)(H,40,44)(H,41,42,43)/b30-19+. The summed E-state index contributed by atoms with van der Waals surface area (Å²) in [6, 6.07) is 28.8. The van der Waals surface area contributed by atoms with E-state index in [9.17, 15) is 14.4 Å². The monoisotopic (exact) mass is 700 g/mol. The summed E-state index contributed by atoms with van der Waals surface area (Å²) in [5, 5.41) is 9.12. The van der Waals surface area contributed by atoms with Crippen molar-refractivity contribution in [2.45, 2.75) is 30.9 Å². The Balaban J connectivity index is 1.28. The van der Waals surface area contributed by atoms with Crippen LogP contribution in [0.2, 0.25) is 10.0 Å². The molecule has 11 heteroatoms. The molecule has 238 valence electrons. The predicted molar refractivity (Wildman–Crippen MR) is 194 cm³/mol. The number of nitrogens with zero attached hydrogens (tertiary/aromatic N) is 1. The van der Waals surface area contributed by atoms with Crippen LogP contribution in [0.3, 0.4) is 0 Å². The van der Waals surface area contributed by atoms with Crippen LogP contribution in [0, 0.1) is 13.8 Å². The molecule has 5 aromatic rings. The van der Waals surface area contributed by atoms with Crippen molar-refractivity contribution in [3.63, 3.8) is 0 Å². The summed E-state index contributed by atoms with van der Waals surface area (Å²) >= 11 is 15.3. The molecule has 4 aromatic carbocycles. The van der Waals surface area contributed by atoms with Gasteiger partial charge in [0.1, 0.15) is 5.70 Å². The molecule has 1 heterocycles. The molecular weight excluding hydrogens is 671 g/mol. The number of nitrogens with one attached hydrogen (secondary N) is 3. The summed E-state index contributed by atoms with van der Waals surface area (Å²) in [6.45, 7) is 5.82. The average molecular weight is 702 g/mol. The van der Waals surface area contributed by atoms with E-state index in [0.717, 1.165) is 21.0 Å². The van der Waals surface area contributed by atoms with Gasteiger partial charge in [-0.1, -0.05) is 89.4 Å². The number of halogens is 2. The van der Waals surface area contributed by atoms with Crippen LogP contribution < -0.4 is 16.0 Å². The maximum Gasteiger partial charge on any atom is 0.272 e. The zero-order valence-corrected chi connectivity index (χ0v) is 28.8. The van der Waals surface area contributed by atoms with Gasteiger partial charge in [0.05, 0.1) is 21.0 Å². The quantitative estimate of drug-likeness (QED) is 0.0996. The molecule has 0 bridgehead atoms. The number of carbonyl (C=O) groups excluding carboxylic acids is 3. The lowest BCUT2D eigenvalue weighted by Gasteiger charge is -2.14. The van der Waals surface area contributed by atoms with Crippen LogP contribution in [0.15, 0.2) is 108 Å². The summed E-state index contributed by atoms with van der Waals surface area (Å²) in [5.74, 6) is -1.22. The van der Waals surface area contributed by atoms with Gasteiger partial charge in [-0.05, 0) is 68.8 Å². The van der Waals surface area contributed by atoms with E-state index in [0.29, 0.717) is 27.0 Å². The van der Waals surface area contributed by atoms with Crippen LogP contribution in [0.1, 0.15) is 33.3 Å². The first-order valence-corrected chi connectivity index (χ1v) is 17.0. The van der Waals surface area contributed by atoms with Gasteiger partial charge in [0.15, 0.2) is 5.13 Å².